The van der Waals surface area contributed by atoms with E-state index in [1.807, 2.05) is 55.6 Å². The van der Waals surface area contributed by atoms with Gasteiger partial charge in [-0.15, -0.1) is 0 Å². The average Bonchev–Trinajstić information content (AvgIpc) is 2.78. The molecule has 152 valence electrons. The molecule has 1 atom stereocenters. The summed E-state index contributed by atoms with van der Waals surface area (Å²) in [7, 11) is 1.89. The van der Waals surface area contributed by atoms with E-state index in [1.165, 1.54) is 0 Å². The number of carbonyl (C=O) groups excluding carboxylic acids is 1. The van der Waals surface area contributed by atoms with Gasteiger partial charge in [0.25, 0.3) is 0 Å². The Balaban J connectivity index is 1.53. The number of hydrogen-bond acceptors (Lipinski definition) is 4. The zero-order valence-corrected chi connectivity index (χ0v) is 17.3. The topological polar surface area (TPSA) is 64.4 Å². The van der Waals surface area contributed by atoms with E-state index in [2.05, 4.69) is 24.1 Å². The zero-order valence-electron chi connectivity index (χ0n) is 17.3. The van der Waals surface area contributed by atoms with Gasteiger partial charge in [-0.1, -0.05) is 18.8 Å². The fourth-order valence-corrected chi connectivity index (χ4v) is 3.79. The standard InChI is InChI=1S/C25H30N2O2/c1-3-24(26)20-10-12-21(13-11-20)25(28)29-23-16-8-19(9-17-23)5-4-18-6-14-22(27-2)15-7-18/h6-9,14-17,20-21,24,27H,3,10-13,26H2,1-2H3. The van der Waals surface area contributed by atoms with Gasteiger partial charge in [0.1, 0.15) is 5.75 Å². The van der Waals surface area contributed by atoms with E-state index >= 15 is 0 Å². The molecule has 2 aromatic carbocycles. The van der Waals surface area contributed by atoms with Gasteiger partial charge >= 0.3 is 5.97 Å². The molecule has 3 rings (SSSR count). The average molecular weight is 391 g/mol. The van der Waals surface area contributed by atoms with Crippen LogP contribution in [0.15, 0.2) is 48.5 Å². The van der Waals surface area contributed by atoms with Crippen molar-refractivity contribution in [2.24, 2.45) is 17.6 Å². The maximum Gasteiger partial charge on any atom is 0.314 e. The van der Waals surface area contributed by atoms with Crippen molar-refractivity contribution in [3.8, 4) is 17.6 Å². The Kier molecular flexibility index (Phi) is 7.32. The van der Waals surface area contributed by atoms with Gasteiger partial charge in [-0.2, -0.15) is 0 Å². The molecule has 1 aliphatic carbocycles. The largest absolute Gasteiger partial charge is 0.426 e. The number of esters is 1. The smallest absolute Gasteiger partial charge is 0.314 e. The SMILES string of the molecule is CCC(N)C1CCC(C(=O)Oc2ccc(C#Cc3ccc(NC)cc3)cc2)CC1. The first-order chi connectivity index (χ1) is 14.1. The Labute approximate surface area is 173 Å². The Bertz CT molecular complexity index is 854. The summed E-state index contributed by atoms with van der Waals surface area (Å²) in [5.41, 5.74) is 9.05. The molecule has 0 aromatic heterocycles. The number of hydrogen-bond donors (Lipinski definition) is 2. The quantitative estimate of drug-likeness (QED) is 0.446. The number of carbonyl (C=O) groups is 1. The third-order valence-corrected chi connectivity index (χ3v) is 5.78. The molecule has 0 saturated heterocycles. The lowest BCUT2D eigenvalue weighted by molar-refractivity contribution is -0.140. The van der Waals surface area contributed by atoms with Gasteiger partial charge in [-0.3, -0.25) is 4.79 Å². The third-order valence-electron chi connectivity index (χ3n) is 5.78. The highest BCUT2D eigenvalue weighted by Gasteiger charge is 2.29. The lowest BCUT2D eigenvalue weighted by Gasteiger charge is -2.30. The number of ether oxygens (including phenoxy) is 1. The summed E-state index contributed by atoms with van der Waals surface area (Å²) in [6, 6.07) is 15.6. The van der Waals surface area contributed by atoms with E-state index in [4.69, 9.17) is 10.5 Å². The molecule has 0 heterocycles. The Morgan fingerprint density at radius 1 is 1.03 bits per heavy atom. The van der Waals surface area contributed by atoms with E-state index in [9.17, 15) is 4.79 Å². The van der Waals surface area contributed by atoms with Crippen molar-refractivity contribution in [3.05, 3.63) is 59.7 Å². The second-order valence-electron chi connectivity index (χ2n) is 7.71. The van der Waals surface area contributed by atoms with Gasteiger partial charge in [-0.05, 0) is 86.6 Å². The van der Waals surface area contributed by atoms with Gasteiger partial charge in [-0.25, -0.2) is 0 Å². The minimum atomic E-state index is -0.128. The van der Waals surface area contributed by atoms with Crippen molar-refractivity contribution in [2.45, 2.75) is 45.1 Å². The summed E-state index contributed by atoms with van der Waals surface area (Å²) in [4.78, 5) is 12.5. The second-order valence-corrected chi connectivity index (χ2v) is 7.71. The van der Waals surface area contributed by atoms with Gasteiger partial charge in [0.05, 0.1) is 5.92 Å². The van der Waals surface area contributed by atoms with Gasteiger partial charge in [0.15, 0.2) is 0 Å². The molecule has 1 saturated carbocycles. The fraction of sp³-hybridized carbons (Fsp3) is 0.400. The van der Waals surface area contributed by atoms with E-state index < -0.39 is 0 Å². The summed E-state index contributed by atoms with van der Waals surface area (Å²) in [5, 5.41) is 3.09. The van der Waals surface area contributed by atoms with Crippen molar-refractivity contribution in [1.29, 1.82) is 0 Å². The Morgan fingerprint density at radius 3 is 2.10 bits per heavy atom. The molecule has 4 heteroatoms. The van der Waals surface area contributed by atoms with Crippen molar-refractivity contribution in [3.63, 3.8) is 0 Å². The first-order valence-corrected chi connectivity index (χ1v) is 10.5. The highest BCUT2D eigenvalue weighted by molar-refractivity contribution is 5.75. The molecule has 2 aromatic rings. The van der Waals surface area contributed by atoms with Crippen LogP contribution in [0.5, 0.6) is 5.75 Å². The van der Waals surface area contributed by atoms with Gasteiger partial charge in [0, 0.05) is 29.9 Å². The van der Waals surface area contributed by atoms with E-state index in [1.54, 1.807) is 0 Å². The van der Waals surface area contributed by atoms with Crippen LogP contribution >= 0.6 is 0 Å². The van der Waals surface area contributed by atoms with Crippen LogP contribution in [-0.2, 0) is 4.79 Å². The van der Waals surface area contributed by atoms with Crippen molar-refractivity contribution >= 4 is 11.7 Å². The second kappa shape index (κ2) is 10.1. The highest BCUT2D eigenvalue weighted by Crippen LogP contribution is 2.32. The molecule has 0 amide bonds. The highest BCUT2D eigenvalue weighted by atomic mass is 16.5. The molecule has 29 heavy (non-hydrogen) atoms. The van der Waals surface area contributed by atoms with E-state index in [0.717, 1.165) is 48.9 Å². The molecule has 0 spiro atoms. The predicted octanol–water partition coefficient (Wildman–Crippen LogP) is 4.58. The summed E-state index contributed by atoms with van der Waals surface area (Å²) in [5.74, 6) is 7.25. The molecule has 1 fully saturated rings. The monoisotopic (exact) mass is 390 g/mol. The molecule has 3 N–H and O–H groups in total. The number of rotatable bonds is 5. The minimum Gasteiger partial charge on any atom is -0.426 e. The molecule has 4 nitrogen and oxygen atoms in total. The van der Waals surface area contributed by atoms with E-state index in [-0.39, 0.29) is 17.9 Å². The summed E-state index contributed by atoms with van der Waals surface area (Å²) < 4.78 is 5.59. The van der Waals surface area contributed by atoms with Crippen LogP contribution in [0.1, 0.15) is 50.2 Å². The van der Waals surface area contributed by atoms with Gasteiger partial charge < -0.3 is 15.8 Å². The number of benzene rings is 2. The summed E-state index contributed by atoms with van der Waals surface area (Å²) >= 11 is 0. The molecule has 1 unspecified atom stereocenters. The zero-order chi connectivity index (χ0) is 20.6. The van der Waals surface area contributed by atoms with Crippen molar-refractivity contribution in [2.75, 3.05) is 12.4 Å². The minimum absolute atomic E-state index is 0.0182. The lowest BCUT2D eigenvalue weighted by Crippen LogP contribution is -2.34. The van der Waals surface area contributed by atoms with Crippen LogP contribution in [-0.4, -0.2) is 19.1 Å². The number of nitrogens with two attached hydrogens (primary N) is 1. The Hall–Kier alpha value is -2.77. The molecular formula is C25H30N2O2. The lowest BCUT2D eigenvalue weighted by atomic mass is 9.78. The molecule has 1 aliphatic rings. The first-order valence-electron chi connectivity index (χ1n) is 10.5. The summed E-state index contributed by atoms with van der Waals surface area (Å²) in [6.45, 7) is 2.12. The number of anilines is 1. The Morgan fingerprint density at radius 2 is 1.59 bits per heavy atom. The maximum atomic E-state index is 12.5. The van der Waals surface area contributed by atoms with Gasteiger partial charge in [0.2, 0.25) is 0 Å². The first kappa shape index (κ1) is 21.0. The van der Waals surface area contributed by atoms with Crippen LogP contribution in [0.2, 0.25) is 0 Å². The molecule has 0 bridgehead atoms. The van der Waals surface area contributed by atoms with Crippen LogP contribution in [0, 0.1) is 23.7 Å². The predicted molar refractivity (Wildman–Crippen MR) is 118 cm³/mol. The van der Waals surface area contributed by atoms with Crippen LogP contribution in [0.4, 0.5) is 5.69 Å². The third kappa shape index (κ3) is 5.85. The number of nitrogens with one attached hydrogen (secondary N) is 1. The molecule has 0 radical (unpaired) electrons. The fourth-order valence-electron chi connectivity index (χ4n) is 3.79. The van der Waals surface area contributed by atoms with Crippen LogP contribution in [0.3, 0.4) is 0 Å². The van der Waals surface area contributed by atoms with Crippen LogP contribution < -0.4 is 15.8 Å². The summed E-state index contributed by atoms with van der Waals surface area (Å²) in [6.07, 6.45) is 4.76. The molecular weight excluding hydrogens is 360 g/mol. The van der Waals surface area contributed by atoms with Crippen molar-refractivity contribution < 1.29 is 9.53 Å². The van der Waals surface area contributed by atoms with Crippen molar-refractivity contribution in [1.82, 2.24) is 0 Å². The maximum absolute atomic E-state index is 12.5. The van der Waals surface area contributed by atoms with E-state index in [0.29, 0.717) is 11.7 Å². The van der Waals surface area contributed by atoms with Crippen LogP contribution in [0.25, 0.3) is 0 Å². The molecule has 0 aliphatic heterocycles. The normalized spacial score (nSPS) is 19.6.